The highest BCUT2D eigenvalue weighted by Gasteiger charge is 2.41. The Hall–Kier alpha value is -1.55. The van der Waals surface area contributed by atoms with Gasteiger partial charge in [-0.1, -0.05) is 6.42 Å². The number of nitrogens with zero attached hydrogens (tertiary/aromatic N) is 2. The molecule has 0 amide bonds. The highest BCUT2D eigenvalue weighted by atomic mass is 16.5. The van der Waals surface area contributed by atoms with Gasteiger partial charge in [0.25, 0.3) is 0 Å². The molecule has 1 saturated carbocycles. The summed E-state index contributed by atoms with van der Waals surface area (Å²) in [5, 5.41) is 0. The third kappa shape index (κ3) is 3.02. The number of piperidine rings is 2. The van der Waals surface area contributed by atoms with Crippen LogP contribution in [0.25, 0.3) is 0 Å². The zero-order valence-electron chi connectivity index (χ0n) is 15.7. The molecule has 5 rings (SSSR count). The predicted octanol–water partition coefficient (Wildman–Crippen LogP) is 3.57. The Morgan fingerprint density at radius 2 is 1.73 bits per heavy atom. The molecule has 1 aromatic carbocycles. The second kappa shape index (κ2) is 6.56. The second-order valence-corrected chi connectivity index (χ2v) is 8.72. The van der Waals surface area contributed by atoms with E-state index in [4.69, 9.17) is 4.74 Å². The van der Waals surface area contributed by atoms with Crippen LogP contribution < -0.4 is 9.64 Å². The van der Waals surface area contributed by atoms with Crippen molar-refractivity contribution in [3.05, 3.63) is 23.8 Å². The minimum absolute atomic E-state index is 0.0757. The maximum atomic E-state index is 11.5. The number of Topliss-reactive ketones (excluding diaryl/α,β-unsaturated/α-hetero) is 1. The third-order valence-corrected chi connectivity index (χ3v) is 7.21. The van der Waals surface area contributed by atoms with Crippen molar-refractivity contribution in [2.24, 2.45) is 0 Å². The van der Waals surface area contributed by atoms with Gasteiger partial charge in [-0.15, -0.1) is 0 Å². The number of fused-ring (bicyclic) bond motifs is 1. The smallest absolute Gasteiger partial charge is 0.136 e. The van der Waals surface area contributed by atoms with Gasteiger partial charge in [-0.3, -0.25) is 4.79 Å². The first kappa shape index (κ1) is 16.6. The van der Waals surface area contributed by atoms with Crippen molar-refractivity contribution in [1.82, 2.24) is 4.90 Å². The number of likely N-dealkylation sites (tertiary alicyclic amines) is 1. The summed E-state index contributed by atoms with van der Waals surface area (Å²) in [5.41, 5.74) is 2.69. The van der Waals surface area contributed by atoms with Crippen LogP contribution in [0.3, 0.4) is 0 Å². The van der Waals surface area contributed by atoms with Crippen LogP contribution in [0, 0.1) is 0 Å². The van der Waals surface area contributed by atoms with E-state index >= 15 is 0 Å². The molecule has 0 unspecified atom stereocenters. The minimum atomic E-state index is 0.0757. The monoisotopic (exact) mass is 354 g/mol. The first-order valence-electron chi connectivity index (χ1n) is 10.5. The van der Waals surface area contributed by atoms with E-state index in [1.54, 1.807) is 0 Å². The summed E-state index contributed by atoms with van der Waals surface area (Å²) in [5.74, 6) is 1.50. The molecule has 2 saturated heterocycles. The molecule has 1 spiro atoms. The Bertz CT molecular complexity index is 679. The summed E-state index contributed by atoms with van der Waals surface area (Å²) in [7, 11) is 0. The Morgan fingerprint density at radius 3 is 2.42 bits per heavy atom. The van der Waals surface area contributed by atoms with Gasteiger partial charge in [0.1, 0.15) is 17.1 Å². The van der Waals surface area contributed by atoms with Gasteiger partial charge in [-0.25, -0.2) is 0 Å². The number of carbonyl (C=O) groups is 1. The number of aryl methyl sites for hydroxylation is 1. The SMILES string of the molecule is O=C1CCN(c2ccc3c(c2)CCC2(CCN(C4CCC4)CC2)O3)CC1. The molecular formula is C22H30N2O2. The molecule has 0 aromatic heterocycles. The van der Waals surface area contributed by atoms with Crippen molar-refractivity contribution in [2.45, 2.75) is 69.4 Å². The standard InChI is InChI=1S/C22H30N2O2/c25-20-7-12-23(13-8-20)19-4-5-21-17(16-19)6-9-22(26-21)10-14-24(15-11-22)18-2-1-3-18/h4-5,16,18H,1-3,6-15H2. The highest BCUT2D eigenvalue weighted by molar-refractivity contribution is 5.81. The molecule has 0 atom stereocenters. The molecule has 0 N–H and O–H groups in total. The number of ether oxygens (including phenoxy) is 1. The number of rotatable bonds is 2. The van der Waals surface area contributed by atoms with Crippen LogP contribution in [0.15, 0.2) is 18.2 Å². The van der Waals surface area contributed by atoms with Crippen molar-refractivity contribution in [2.75, 3.05) is 31.1 Å². The van der Waals surface area contributed by atoms with Crippen molar-refractivity contribution in [1.29, 1.82) is 0 Å². The number of carbonyl (C=O) groups excluding carboxylic acids is 1. The molecule has 1 aromatic rings. The molecular weight excluding hydrogens is 324 g/mol. The van der Waals surface area contributed by atoms with E-state index in [9.17, 15) is 4.79 Å². The first-order valence-corrected chi connectivity index (χ1v) is 10.5. The van der Waals surface area contributed by atoms with Crippen molar-refractivity contribution < 1.29 is 9.53 Å². The molecule has 1 aliphatic carbocycles. The molecule has 3 fully saturated rings. The highest BCUT2D eigenvalue weighted by Crippen LogP contribution is 2.42. The molecule has 140 valence electrons. The van der Waals surface area contributed by atoms with Gasteiger partial charge in [-0.2, -0.15) is 0 Å². The lowest BCUT2D eigenvalue weighted by atomic mass is 9.81. The van der Waals surface area contributed by atoms with Crippen LogP contribution in [0.1, 0.15) is 56.9 Å². The molecule has 4 nitrogen and oxygen atoms in total. The number of hydrogen-bond donors (Lipinski definition) is 0. The summed E-state index contributed by atoms with van der Waals surface area (Å²) < 4.78 is 6.60. The van der Waals surface area contributed by atoms with Crippen molar-refractivity contribution in [3.8, 4) is 5.75 Å². The fourth-order valence-corrected chi connectivity index (χ4v) is 5.12. The van der Waals surface area contributed by atoms with Crippen LogP contribution in [0.4, 0.5) is 5.69 Å². The molecule has 26 heavy (non-hydrogen) atoms. The zero-order valence-corrected chi connectivity index (χ0v) is 15.7. The lowest BCUT2D eigenvalue weighted by Crippen LogP contribution is -2.53. The molecule has 0 bridgehead atoms. The van der Waals surface area contributed by atoms with Gasteiger partial charge < -0.3 is 14.5 Å². The van der Waals surface area contributed by atoms with Crippen LogP contribution in [0.5, 0.6) is 5.75 Å². The Kier molecular flexibility index (Phi) is 4.19. The van der Waals surface area contributed by atoms with Crippen LogP contribution >= 0.6 is 0 Å². The number of anilines is 1. The van der Waals surface area contributed by atoms with E-state index in [0.717, 1.165) is 37.7 Å². The van der Waals surface area contributed by atoms with Gasteiger partial charge >= 0.3 is 0 Å². The molecule has 4 heteroatoms. The number of ketones is 1. The average Bonchev–Trinajstić information content (AvgIpc) is 2.63. The average molecular weight is 354 g/mol. The first-order chi connectivity index (χ1) is 12.7. The molecule has 4 aliphatic rings. The Balaban J connectivity index is 1.26. The maximum absolute atomic E-state index is 11.5. The lowest BCUT2D eigenvalue weighted by Gasteiger charge is -2.48. The molecule has 3 heterocycles. The molecule has 3 aliphatic heterocycles. The predicted molar refractivity (Wildman–Crippen MR) is 103 cm³/mol. The van der Waals surface area contributed by atoms with E-state index in [1.807, 2.05) is 0 Å². The van der Waals surface area contributed by atoms with E-state index < -0.39 is 0 Å². The van der Waals surface area contributed by atoms with E-state index in [2.05, 4.69) is 28.0 Å². The fraction of sp³-hybridized carbons (Fsp3) is 0.682. The van der Waals surface area contributed by atoms with E-state index in [1.165, 1.54) is 56.4 Å². The van der Waals surface area contributed by atoms with Crippen LogP contribution in [-0.4, -0.2) is 48.5 Å². The van der Waals surface area contributed by atoms with E-state index in [0.29, 0.717) is 18.6 Å². The van der Waals surface area contributed by atoms with Gasteiger partial charge in [0, 0.05) is 50.7 Å². The zero-order chi connectivity index (χ0) is 17.6. The largest absolute Gasteiger partial charge is 0.487 e. The Labute approximate surface area is 156 Å². The molecule has 0 radical (unpaired) electrons. The fourth-order valence-electron chi connectivity index (χ4n) is 5.12. The normalized spacial score (nSPS) is 26.3. The Morgan fingerprint density at radius 1 is 0.962 bits per heavy atom. The van der Waals surface area contributed by atoms with Crippen molar-refractivity contribution in [3.63, 3.8) is 0 Å². The van der Waals surface area contributed by atoms with Crippen LogP contribution in [0.2, 0.25) is 0 Å². The minimum Gasteiger partial charge on any atom is -0.487 e. The van der Waals surface area contributed by atoms with Gasteiger partial charge in [0.05, 0.1) is 0 Å². The summed E-state index contributed by atoms with van der Waals surface area (Å²) in [6, 6.07) is 7.54. The summed E-state index contributed by atoms with van der Waals surface area (Å²) in [6.07, 6.45) is 10.2. The topological polar surface area (TPSA) is 32.8 Å². The summed E-state index contributed by atoms with van der Waals surface area (Å²) in [4.78, 5) is 16.5. The summed E-state index contributed by atoms with van der Waals surface area (Å²) >= 11 is 0. The van der Waals surface area contributed by atoms with Crippen molar-refractivity contribution >= 4 is 11.5 Å². The van der Waals surface area contributed by atoms with E-state index in [-0.39, 0.29) is 5.60 Å². The quantitative estimate of drug-likeness (QED) is 0.813. The number of hydrogen-bond acceptors (Lipinski definition) is 4. The lowest BCUT2D eigenvalue weighted by molar-refractivity contribution is -0.119. The third-order valence-electron chi connectivity index (χ3n) is 7.21. The van der Waals surface area contributed by atoms with Crippen LogP contribution in [-0.2, 0) is 11.2 Å². The number of benzene rings is 1. The van der Waals surface area contributed by atoms with Gasteiger partial charge in [-0.05, 0) is 62.3 Å². The summed E-state index contributed by atoms with van der Waals surface area (Å²) in [6.45, 7) is 4.14. The second-order valence-electron chi connectivity index (χ2n) is 8.72. The van der Waals surface area contributed by atoms with Gasteiger partial charge in [0.15, 0.2) is 0 Å². The maximum Gasteiger partial charge on any atom is 0.136 e. The van der Waals surface area contributed by atoms with Gasteiger partial charge in [0.2, 0.25) is 0 Å².